The minimum absolute atomic E-state index is 0.000755. The predicted molar refractivity (Wildman–Crippen MR) is 131 cm³/mol. The summed E-state index contributed by atoms with van der Waals surface area (Å²) in [6.45, 7) is 2.09. The van der Waals surface area contributed by atoms with Crippen LogP contribution in [0.25, 0.3) is 6.08 Å². The Hall–Kier alpha value is -3.61. The number of hydrogen-bond acceptors (Lipinski definition) is 5. The third kappa shape index (κ3) is 6.44. The fourth-order valence-corrected chi connectivity index (χ4v) is 4.60. The molecule has 7 nitrogen and oxygen atoms in total. The lowest BCUT2D eigenvalue weighted by molar-refractivity contribution is -0.112. The molecule has 3 aromatic carbocycles. The summed E-state index contributed by atoms with van der Waals surface area (Å²) in [5, 5.41) is 12.0. The van der Waals surface area contributed by atoms with Crippen LogP contribution in [0.15, 0.2) is 87.7 Å². The van der Waals surface area contributed by atoms with Gasteiger partial charge in [-0.25, -0.2) is 8.42 Å². The van der Waals surface area contributed by atoms with Crippen LogP contribution in [0.3, 0.4) is 0 Å². The van der Waals surface area contributed by atoms with Crippen LogP contribution in [0, 0.1) is 11.3 Å². The number of halogens is 1. The first-order valence-corrected chi connectivity index (χ1v) is 12.1. The number of rotatable bonds is 8. The van der Waals surface area contributed by atoms with E-state index < -0.39 is 15.9 Å². The highest BCUT2D eigenvalue weighted by molar-refractivity contribution is 9.10. The number of anilines is 2. The van der Waals surface area contributed by atoms with Crippen LogP contribution < -0.4 is 14.8 Å². The number of carbonyl (C=O) groups is 1. The average molecular weight is 526 g/mol. The van der Waals surface area contributed by atoms with E-state index in [1.807, 2.05) is 24.3 Å². The van der Waals surface area contributed by atoms with E-state index in [1.54, 1.807) is 31.2 Å². The molecule has 3 aromatic rings. The maximum Gasteiger partial charge on any atom is 0.266 e. The summed E-state index contributed by atoms with van der Waals surface area (Å²) in [5.74, 6) is -0.323. The first-order chi connectivity index (χ1) is 15.8. The molecule has 2 N–H and O–H groups in total. The Labute approximate surface area is 200 Å². The summed E-state index contributed by atoms with van der Waals surface area (Å²) in [6, 6.07) is 21.8. The van der Waals surface area contributed by atoms with Crippen molar-refractivity contribution in [2.24, 2.45) is 0 Å². The highest BCUT2D eigenvalue weighted by Gasteiger charge is 2.20. The highest BCUT2D eigenvalue weighted by Crippen LogP contribution is 2.29. The molecule has 0 atom stereocenters. The van der Waals surface area contributed by atoms with Crippen LogP contribution in [0.5, 0.6) is 5.75 Å². The van der Waals surface area contributed by atoms with E-state index in [1.165, 1.54) is 36.4 Å². The summed E-state index contributed by atoms with van der Waals surface area (Å²) >= 11 is 3.28. The van der Waals surface area contributed by atoms with Gasteiger partial charge in [-0.3, -0.25) is 9.52 Å². The zero-order chi connectivity index (χ0) is 23.8. The number of ether oxygens (including phenoxy) is 1. The van der Waals surface area contributed by atoms with Crippen molar-refractivity contribution in [3.8, 4) is 11.8 Å². The first-order valence-electron chi connectivity index (χ1n) is 9.86. The number of nitriles is 1. The third-order valence-corrected chi connectivity index (χ3v) is 6.26. The largest absolute Gasteiger partial charge is 0.492 e. The zero-order valence-electron chi connectivity index (χ0n) is 17.6. The van der Waals surface area contributed by atoms with Gasteiger partial charge in [-0.05, 0) is 61.0 Å². The Morgan fingerprint density at radius 3 is 2.36 bits per heavy atom. The normalized spacial score (nSPS) is 11.4. The van der Waals surface area contributed by atoms with Crippen LogP contribution in [-0.2, 0) is 14.8 Å². The van der Waals surface area contributed by atoms with Crippen LogP contribution in [0.4, 0.5) is 11.4 Å². The van der Waals surface area contributed by atoms with Crippen LogP contribution in [0.1, 0.15) is 12.5 Å². The molecule has 0 radical (unpaired) electrons. The molecule has 0 unspecified atom stereocenters. The van der Waals surface area contributed by atoms with E-state index in [0.717, 1.165) is 5.56 Å². The second-order valence-electron chi connectivity index (χ2n) is 6.74. The molecule has 0 aliphatic heterocycles. The van der Waals surface area contributed by atoms with Crippen molar-refractivity contribution in [1.82, 2.24) is 0 Å². The molecule has 0 saturated heterocycles. The van der Waals surface area contributed by atoms with Crippen molar-refractivity contribution in [3.05, 3.63) is 88.4 Å². The molecule has 168 valence electrons. The fraction of sp³-hybridized carbons (Fsp3) is 0.0833. The van der Waals surface area contributed by atoms with E-state index in [2.05, 4.69) is 26.0 Å². The molecule has 0 bridgehead atoms. The smallest absolute Gasteiger partial charge is 0.266 e. The van der Waals surface area contributed by atoms with Gasteiger partial charge in [-0.1, -0.05) is 46.3 Å². The molecule has 1 amide bonds. The molecule has 0 heterocycles. The summed E-state index contributed by atoms with van der Waals surface area (Å²) < 4.78 is 34.3. The van der Waals surface area contributed by atoms with Gasteiger partial charge in [0.25, 0.3) is 15.9 Å². The molecule has 0 aliphatic rings. The lowest BCUT2D eigenvalue weighted by atomic mass is 10.1. The zero-order valence-corrected chi connectivity index (χ0v) is 20.0. The van der Waals surface area contributed by atoms with Gasteiger partial charge in [0, 0.05) is 15.8 Å². The second-order valence-corrected chi connectivity index (χ2v) is 9.31. The number of nitrogens with zero attached hydrogens (tertiary/aromatic N) is 1. The topological polar surface area (TPSA) is 108 Å². The van der Waals surface area contributed by atoms with Gasteiger partial charge in [0.05, 0.1) is 6.61 Å². The van der Waals surface area contributed by atoms with Gasteiger partial charge >= 0.3 is 0 Å². The number of benzene rings is 3. The molecule has 0 spiro atoms. The minimum atomic E-state index is -3.92. The van der Waals surface area contributed by atoms with Crippen molar-refractivity contribution < 1.29 is 17.9 Å². The Kier molecular flexibility index (Phi) is 7.87. The molecular weight excluding hydrogens is 506 g/mol. The van der Waals surface area contributed by atoms with Crippen molar-refractivity contribution in [2.45, 2.75) is 11.8 Å². The lowest BCUT2D eigenvalue weighted by Crippen LogP contribution is -2.15. The van der Waals surface area contributed by atoms with Gasteiger partial charge in [0.15, 0.2) is 0 Å². The molecule has 33 heavy (non-hydrogen) atoms. The molecule has 3 rings (SSSR count). The quantitative estimate of drug-likeness (QED) is 0.310. The number of carbonyl (C=O) groups excluding carboxylic acids is 1. The van der Waals surface area contributed by atoms with E-state index >= 15 is 0 Å². The molecule has 0 aromatic heterocycles. The first kappa shape index (κ1) is 24.0. The number of amides is 1. The Morgan fingerprint density at radius 1 is 1.06 bits per heavy atom. The van der Waals surface area contributed by atoms with Gasteiger partial charge in [-0.2, -0.15) is 5.26 Å². The van der Waals surface area contributed by atoms with E-state index in [9.17, 15) is 18.5 Å². The number of sulfonamides is 1. The SMILES string of the molecule is CCOc1ccc(Br)cc1S(=O)(=O)Nc1ccc(NC(=O)/C(C#N)=C\c2ccccc2)cc1. The standard InChI is InChI=1S/C24H20BrN3O4S/c1-2-32-22-13-8-19(25)15-23(22)33(30,31)28-21-11-9-20(10-12-21)27-24(29)18(16-26)14-17-6-4-3-5-7-17/h3-15,28H,2H2,1H3,(H,27,29)/b18-14-. The maximum atomic E-state index is 12.9. The van der Waals surface area contributed by atoms with E-state index in [4.69, 9.17) is 4.74 Å². The Bertz CT molecular complexity index is 1320. The predicted octanol–water partition coefficient (Wildman–Crippen LogP) is 5.19. The summed E-state index contributed by atoms with van der Waals surface area (Å²) in [6.07, 6.45) is 1.49. The number of nitrogens with one attached hydrogen (secondary N) is 2. The van der Waals surface area contributed by atoms with Gasteiger partial charge in [0.1, 0.15) is 22.3 Å². The Morgan fingerprint density at radius 2 is 1.73 bits per heavy atom. The monoisotopic (exact) mass is 525 g/mol. The maximum absolute atomic E-state index is 12.9. The second kappa shape index (κ2) is 10.8. The van der Waals surface area contributed by atoms with Crippen LogP contribution in [-0.4, -0.2) is 20.9 Å². The van der Waals surface area contributed by atoms with Gasteiger partial charge in [-0.15, -0.1) is 0 Å². The molecule has 0 aliphatic carbocycles. The molecule has 0 saturated carbocycles. The van der Waals surface area contributed by atoms with Crippen molar-refractivity contribution in [3.63, 3.8) is 0 Å². The molecule has 0 fully saturated rings. The summed E-state index contributed by atoms with van der Waals surface area (Å²) in [7, 11) is -3.92. The van der Waals surface area contributed by atoms with Gasteiger partial charge < -0.3 is 10.1 Å². The van der Waals surface area contributed by atoms with Crippen molar-refractivity contribution in [1.29, 1.82) is 5.26 Å². The number of hydrogen-bond donors (Lipinski definition) is 2. The molecular formula is C24H20BrN3O4S. The van der Waals surface area contributed by atoms with Crippen molar-refractivity contribution >= 4 is 49.3 Å². The fourth-order valence-electron chi connectivity index (χ4n) is 2.86. The molecule has 9 heteroatoms. The summed E-state index contributed by atoms with van der Waals surface area (Å²) in [4.78, 5) is 12.4. The van der Waals surface area contributed by atoms with Crippen molar-refractivity contribution in [2.75, 3.05) is 16.6 Å². The van der Waals surface area contributed by atoms with Crippen LogP contribution in [0.2, 0.25) is 0 Å². The minimum Gasteiger partial charge on any atom is -0.492 e. The third-order valence-electron chi connectivity index (χ3n) is 4.37. The average Bonchev–Trinajstić information content (AvgIpc) is 2.80. The van der Waals surface area contributed by atoms with E-state index in [-0.39, 0.29) is 16.2 Å². The van der Waals surface area contributed by atoms with Crippen LogP contribution >= 0.6 is 15.9 Å². The summed E-state index contributed by atoms with van der Waals surface area (Å²) in [5.41, 5.74) is 1.39. The van der Waals surface area contributed by atoms with E-state index in [0.29, 0.717) is 22.5 Å². The highest BCUT2D eigenvalue weighted by atomic mass is 79.9. The Balaban J connectivity index is 1.74. The lowest BCUT2D eigenvalue weighted by Gasteiger charge is -2.13. The van der Waals surface area contributed by atoms with Gasteiger partial charge in [0.2, 0.25) is 0 Å².